The molecule has 5 aliphatic rings. The molecule has 1 aromatic carbocycles. The monoisotopic (exact) mass is 471 g/mol. The number of fused-ring (bicyclic) bond motifs is 4. The molecule has 0 aromatic heterocycles. The van der Waals surface area contributed by atoms with E-state index in [9.17, 15) is 22.8 Å². The molecule has 4 saturated carbocycles. The Morgan fingerprint density at radius 2 is 1.74 bits per heavy atom. The molecular formula is C28H32F3NO2. The standard InChI is InChI=1S/C28H32F3NO2/c1-25-10-7-19(33)14-23(25)16-13-20-21(25)8-11-26(2)22(20)9-12-27(26,15-16)24(34)32-18-5-3-17(4-6-18)28(29,30)31/h3-6,14,16,20-22H,7-13,15H2,1-2H3,(H,32,34)/t16?,20?,21-,22?,25+,26-,27?/m0/s1. The van der Waals surface area contributed by atoms with Gasteiger partial charge in [-0.05, 0) is 110 Å². The summed E-state index contributed by atoms with van der Waals surface area (Å²) in [7, 11) is 0. The van der Waals surface area contributed by atoms with Crippen LogP contribution in [0.3, 0.4) is 0 Å². The Kier molecular flexibility index (Phi) is 4.59. The third-order valence-electron chi connectivity index (χ3n) is 11.0. The number of alkyl halides is 3. The first-order valence-corrected chi connectivity index (χ1v) is 12.7. The maximum atomic E-state index is 14.0. The number of carbonyl (C=O) groups excluding carboxylic acids is 2. The molecule has 0 heterocycles. The molecule has 182 valence electrons. The van der Waals surface area contributed by atoms with Crippen LogP contribution in [0.4, 0.5) is 18.9 Å². The van der Waals surface area contributed by atoms with Crippen molar-refractivity contribution in [1.29, 1.82) is 0 Å². The Morgan fingerprint density at radius 3 is 2.44 bits per heavy atom. The number of allylic oxidation sites excluding steroid dienone is 1. The molecule has 3 nitrogen and oxygen atoms in total. The van der Waals surface area contributed by atoms with Crippen LogP contribution >= 0.6 is 0 Å². The first-order chi connectivity index (χ1) is 16.0. The van der Waals surface area contributed by atoms with Gasteiger partial charge < -0.3 is 5.32 Å². The highest BCUT2D eigenvalue weighted by atomic mass is 19.4. The number of hydrogen-bond donors (Lipinski definition) is 1. The zero-order valence-corrected chi connectivity index (χ0v) is 19.8. The van der Waals surface area contributed by atoms with Crippen LogP contribution in [-0.4, -0.2) is 11.7 Å². The van der Waals surface area contributed by atoms with Crippen molar-refractivity contribution < 1.29 is 22.8 Å². The summed E-state index contributed by atoms with van der Waals surface area (Å²) in [6, 6.07) is 4.78. The van der Waals surface area contributed by atoms with Crippen molar-refractivity contribution in [2.75, 3.05) is 5.32 Å². The highest BCUT2D eigenvalue weighted by Gasteiger charge is 2.70. The van der Waals surface area contributed by atoms with Crippen LogP contribution in [0.1, 0.15) is 70.8 Å². The molecule has 0 aliphatic heterocycles. The van der Waals surface area contributed by atoms with E-state index in [4.69, 9.17) is 0 Å². The summed E-state index contributed by atoms with van der Waals surface area (Å²) >= 11 is 0. The van der Waals surface area contributed by atoms with Crippen LogP contribution in [0.15, 0.2) is 35.9 Å². The molecule has 0 radical (unpaired) electrons. The Labute approximate surface area is 198 Å². The normalized spacial score (nSPS) is 42.6. The van der Waals surface area contributed by atoms with Crippen LogP contribution < -0.4 is 5.32 Å². The van der Waals surface area contributed by atoms with Gasteiger partial charge in [-0.25, -0.2) is 0 Å². The highest BCUT2D eigenvalue weighted by molar-refractivity contribution is 5.96. The summed E-state index contributed by atoms with van der Waals surface area (Å²) in [5.41, 5.74) is 0.357. The molecule has 7 atom stereocenters. The Balaban J connectivity index is 1.38. The second-order valence-corrected chi connectivity index (χ2v) is 12.1. The summed E-state index contributed by atoms with van der Waals surface area (Å²) in [6.07, 6.45) is 4.81. The van der Waals surface area contributed by atoms with Gasteiger partial charge in [-0.2, -0.15) is 13.2 Å². The van der Waals surface area contributed by atoms with E-state index in [1.54, 1.807) is 0 Å². The average Bonchev–Trinajstić information content (AvgIpc) is 3.05. The molecule has 5 bridgehead atoms. The van der Waals surface area contributed by atoms with Gasteiger partial charge in [0.15, 0.2) is 5.78 Å². The Morgan fingerprint density at radius 1 is 1.03 bits per heavy atom. The second-order valence-electron chi connectivity index (χ2n) is 12.1. The summed E-state index contributed by atoms with van der Waals surface area (Å²) in [5, 5.41) is 3.02. The van der Waals surface area contributed by atoms with E-state index >= 15 is 0 Å². The third kappa shape index (κ3) is 2.83. The third-order valence-corrected chi connectivity index (χ3v) is 11.0. The number of hydrogen-bond acceptors (Lipinski definition) is 2. The molecule has 6 rings (SSSR count). The van der Waals surface area contributed by atoms with E-state index < -0.39 is 17.2 Å². The van der Waals surface area contributed by atoms with Crippen LogP contribution in [0, 0.1) is 39.9 Å². The van der Waals surface area contributed by atoms with Crippen LogP contribution in [0.25, 0.3) is 0 Å². The number of benzene rings is 1. The average molecular weight is 472 g/mol. The molecule has 34 heavy (non-hydrogen) atoms. The highest BCUT2D eigenvalue weighted by Crippen LogP contribution is 2.75. The first-order valence-electron chi connectivity index (χ1n) is 12.7. The minimum Gasteiger partial charge on any atom is -0.326 e. The van der Waals surface area contributed by atoms with Gasteiger partial charge in [-0.1, -0.05) is 19.4 Å². The van der Waals surface area contributed by atoms with E-state index in [0.29, 0.717) is 29.9 Å². The van der Waals surface area contributed by atoms with Crippen molar-refractivity contribution in [2.45, 2.75) is 71.4 Å². The quantitative estimate of drug-likeness (QED) is 0.516. The zero-order valence-electron chi connectivity index (χ0n) is 19.8. The molecule has 5 aliphatic carbocycles. The summed E-state index contributed by atoms with van der Waals surface area (Å²) in [5.74, 6) is 2.05. The smallest absolute Gasteiger partial charge is 0.326 e. The number of nitrogens with one attached hydrogen (secondary N) is 1. The summed E-state index contributed by atoms with van der Waals surface area (Å²) < 4.78 is 39.0. The number of carbonyl (C=O) groups is 2. The Hall–Kier alpha value is -2.11. The minimum absolute atomic E-state index is 0.0484. The number of rotatable bonds is 2. The Bertz CT molecular complexity index is 1090. The van der Waals surface area contributed by atoms with Gasteiger partial charge in [0.1, 0.15) is 0 Å². The van der Waals surface area contributed by atoms with E-state index in [2.05, 4.69) is 19.2 Å². The topological polar surface area (TPSA) is 46.2 Å². The zero-order chi connectivity index (χ0) is 24.1. The van der Waals surface area contributed by atoms with Crippen molar-refractivity contribution in [3.8, 4) is 0 Å². The molecule has 4 unspecified atom stereocenters. The minimum atomic E-state index is -4.40. The molecule has 0 saturated heterocycles. The predicted octanol–water partition coefficient (Wildman–Crippen LogP) is 6.79. The molecule has 6 heteroatoms. The number of amides is 1. The van der Waals surface area contributed by atoms with Gasteiger partial charge >= 0.3 is 6.18 Å². The van der Waals surface area contributed by atoms with Crippen molar-refractivity contribution in [1.82, 2.24) is 0 Å². The van der Waals surface area contributed by atoms with Gasteiger partial charge in [0.25, 0.3) is 0 Å². The van der Waals surface area contributed by atoms with Crippen molar-refractivity contribution in [2.24, 2.45) is 39.9 Å². The van der Waals surface area contributed by atoms with Gasteiger partial charge in [0.05, 0.1) is 11.0 Å². The van der Waals surface area contributed by atoms with Crippen LogP contribution in [-0.2, 0) is 15.8 Å². The molecule has 4 fully saturated rings. The second kappa shape index (κ2) is 6.98. The lowest BCUT2D eigenvalue weighted by Crippen LogP contribution is -2.52. The van der Waals surface area contributed by atoms with Crippen LogP contribution in [0.5, 0.6) is 0 Å². The first kappa shape index (κ1) is 22.4. The molecule has 1 N–H and O–H groups in total. The van der Waals surface area contributed by atoms with Crippen molar-refractivity contribution >= 4 is 17.4 Å². The number of anilines is 1. The predicted molar refractivity (Wildman–Crippen MR) is 123 cm³/mol. The maximum absolute atomic E-state index is 14.0. The largest absolute Gasteiger partial charge is 0.416 e. The summed E-state index contributed by atoms with van der Waals surface area (Å²) in [6.45, 7) is 4.67. The van der Waals surface area contributed by atoms with E-state index in [1.807, 2.05) is 6.08 Å². The fourth-order valence-electron chi connectivity index (χ4n) is 9.33. The van der Waals surface area contributed by atoms with Gasteiger partial charge in [0.2, 0.25) is 5.91 Å². The van der Waals surface area contributed by atoms with Crippen molar-refractivity contribution in [3.05, 3.63) is 41.5 Å². The lowest BCUT2D eigenvalue weighted by atomic mass is 9.47. The van der Waals surface area contributed by atoms with E-state index in [1.165, 1.54) is 17.7 Å². The van der Waals surface area contributed by atoms with E-state index in [-0.39, 0.29) is 28.4 Å². The number of halogens is 3. The molecule has 1 amide bonds. The summed E-state index contributed by atoms with van der Waals surface area (Å²) in [4.78, 5) is 26.5. The fourth-order valence-corrected chi connectivity index (χ4v) is 9.33. The maximum Gasteiger partial charge on any atom is 0.416 e. The SMILES string of the molecule is C[C@]12CCC(=O)C=C1C1CC3C4CCC(C(=O)Nc5ccc(C(F)(F)F)cc5)(C1)[C@@]4(C)CC[C@@H]32. The van der Waals surface area contributed by atoms with Gasteiger partial charge in [-0.3, -0.25) is 9.59 Å². The van der Waals surface area contributed by atoms with Crippen LogP contribution in [0.2, 0.25) is 0 Å². The molecular weight excluding hydrogens is 439 g/mol. The van der Waals surface area contributed by atoms with Gasteiger partial charge in [0, 0.05) is 12.1 Å². The molecule has 1 aromatic rings. The van der Waals surface area contributed by atoms with Crippen molar-refractivity contribution in [3.63, 3.8) is 0 Å². The fraction of sp³-hybridized carbons (Fsp3) is 0.643. The van der Waals surface area contributed by atoms with Gasteiger partial charge in [-0.15, -0.1) is 0 Å². The number of ketones is 1. The lowest BCUT2D eigenvalue weighted by molar-refractivity contribution is -0.137. The van der Waals surface area contributed by atoms with E-state index in [0.717, 1.165) is 57.1 Å². The lowest BCUT2D eigenvalue weighted by Gasteiger charge is -2.57. The molecule has 0 spiro atoms.